The maximum absolute atomic E-state index is 13.9. The molecule has 0 radical (unpaired) electrons. The van der Waals surface area contributed by atoms with Crippen LogP contribution in [0.15, 0.2) is 88.8 Å². The van der Waals surface area contributed by atoms with E-state index < -0.39 is 0 Å². The summed E-state index contributed by atoms with van der Waals surface area (Å²) in [6.45, 7) is 4.48. The molecule has 198 valence electrons. The summed E-state index contributed by atoms with van der Waals surface area (Å²) in [4.78, 5) is 31.7. The maximum Gasteiger partial charge on any atom is 0.278 e. The zero-order chi connectivity index (χ0) is 27.4. The van der Waals surface area contributed by atoms with Crippen molar-refractivity contribution in [2.24, 2.45) is 0 Å². The highest BCUT2D eigenvalue weighted by Crippen LogP contribution is 2.31. The number of amides is 1. The van der Waals surface area contributed by atoms with Gasteiger partial charge in [-0.3, -0.25) is 18.7 Å². The van der Waals surface area contributed by atoms with Crippen molar-refractivity contribution >= 4 is 57.3 Å². The summed E-state index contributed by atoms with van der Waals surface area (Å²) < 4.78 is 10.1. The lowest BCUT2D eigenvalue weighted by atomic mass is 10.1. The van der Waals surface area contributed by atoms with Gasteiger partial charge >= 0.3 is 0 Å². The highest BCUT2D eigenvalue weighted by Gasteiger charge is 2.21. The largest absolute Gasteiger partial charge is 0.492 e. The van der Waals surface area contributed by atoms with Gasteiger partial charge in [0.05, 0.1) is 23.7 Å². The van der Waals surface area contributed by atoms with Crippen molar-refractivity contribution in [3.05, 3.63) is 98.7 Å². The van der Waals surface area contributed by atoms with Crippen molar-refractivity contribution in [3.8, 4) is 17.1 Å². The molecule has 0 fully saturated rings. The van der Waals surface area contributed by atoms with Crippen LogP contribution >= 0.6 is 35.3 Å². The van der Waals surface area contributed by atoms with Gasteiger partial charge in [-0.25, -0.2) is 4.98 Å². The van der Waals surface area contributed by atoms with Gasteiger partial charge < -0.3 is 10.1 Å². The Morgan fingerprint density at radius 1 is 1.00 bits per heavy atom. The molecule has 0 spiro atoms. The molecule has 1 amide bonds. The van der Waals surface area contributed by atoms with Crippen molar-refractivity contribution in [2.45, 2.75) is 25.4 Å². The molecule has 0 atom stereocenters. The van der Waals surface area contributed by atoms with E-state index in [9.17, 15) is 9.59 Å². The Balaban J connectivity index is 1.57. The molecule has 1 N–H and O–H groups in total. The molecule has 0 saturated carbocycles. The number of benzene rings is 3. The van der Waals surface area contributed by atoms with Gasteiger partial charge in [0.25, 0.3) is 5.56 Å². The third-order valence-corrected chi connectivity index (χ3v) is 8.27. The Morgan fingerprint density at radius 3 is 2.44 bits per heavy atom. The minimum atomic E-state index is -0.243. The first-order valence-electron chi connectivity index (χ1n) is 12.5. The summed E-state index contributed by atoms with van der Waals surface area (Å²) in [5.74, 6) is 0.523. The molecule has 0 bridgehead atoms. The standard InChI is InChI=1S/C29H26N4O3S3/c1-3-19-14-16-20(17-15-19)30-24(34)18-38-28-31-26-25(27(35)32(28)21-10-6-5-7-11-21)39-29(37)33(26)22-12-8-9-13-23(22)36-4-2/h5-17H,3-4,18H2,1-2H3,(H,30,34). The number of aryl methyl sites for hydroxylation is 1. The van der Waals surface area contributed by atoms with Crippen LogP contribution in [-0.2, 0) is 11.2 Å². The van der Waals surface area contributed by atoms with E-state index in [-0.39, 0.29) is 17.2 Å². The molecule has 0 aliphatic carbocycles. The summed E-state index contributed by atoms with van der Waals surface area (Å²) in [5, 5.41) is 3.32. The summed E-state index contributed by atoms with van der Waals surface area (Å²) in [7, 11) is 0. The van der Waals surface area contributed by atoms with Crippen LogP contribution in [0.3, 0.4) is 0 Å². The number of rotatable bonds is 9. The lowest BCUT2D eigenvalue weighted by Crippen LogP contribution is -2.22. The molecule has 0 saturated heterocycles. The number of thioether (sulfide) groups is 1. The number of carbonyl (C=O) groups is 1. The second-order valence-electron chi connectivity index (χ2n) is 8.51. The highest BCUT2D eigenvalue weighted by atomic mass is 32.2. The van der Waals surface area contributed by atoms with E-state index in [1.54, 1.807) is 9.13 Å². The number of ether oxygens (including phenoxy) is 1. The number of nitrogens with zero attached hydrogens (tertiary/aromatic N) is 3. The number of anilines is 1. The third kappa shape index (κ3) is 5.68. The quantitative estimate of drug-likeness (QED) is 0.121. The van der Waals surface area contributed by atoms with Gasteiger partial charge in [-0.1, -0.05) is 72.5 Å². The summed E-state index contributed by atoms with van der Waals surface area (Å²) in [5.41, 5.74) is 3.49. The SMILES string of the molecule is CCOc1ccccc1-n1c(=S)sc2c(=O)n(-c3ccccc3)c(SCC(=O)Nc3ccc(CC)cc3)nc21. The molecule has 39 heavy (non-hydrogen) atoms. The second kappa shape index (κ2) is 12.0. The average molecular weight is 575 g/mol. The van der Waals surface area contributed by atoms with Crippen molar-refractivity contribution in [2.75, 3.05) is 17.7 Å². The van der Waals surface area contributed by atoms with Gasteiger partial charge in [-0.15, -0.1) is 0 Å². The molecule has 0 unspecified atom stereocenters. The first kappa shape index (κ1) is 26.9. The van der Waals surface area contributed by atoms with E-state index in [0.29, 0.717) is 43.2 Å². The molecule has 10 heteroatoms. The van der Waals surface area contributed by atoms with Crippen LogP contribution in [0.25, 0.3) is 21.7 Å². The highest BCUT2D eigenvalue weighted by molar-refractivity contribution is 7.99. The number of aromatic nitrogens is 3. The van der Waals surface area contributed by atoms with Crippen LogP contribution in [0, 0.1) is 3.95 Å². The fourth-order valence-corrected chi connectivity index (χ4v) is 6.21. The zero-order valence-corrected chi connectivity index (χ0v) is 23.9. The molecule has 5 rings (SSSR count). The van der Waals surface area contributed by atoms with Crippen LogP contribution in [-0.4, -0.2) is 32.4 Å². The number of fused-ring (bicyclic) bond motifs is 1. The molecular formula is C29H26N4O3S3. The summed E-state index contributed by atoms with van der Waals surface area (Å²) >= 11 is 8.12. The average Bonchev–Trinajstić information content (AvgIpc) is 3.29. The van der Waals surface area contributed by atoms with Crippen molar-refractivity contribution in [3.63, 3.8) is 0 Å². The minimum Gasteiger partial charge on any atom is -0.492 e. The van der Waals surface area contributed by atoms with Crippen LogP contribution in [0.1, 0.15) is 19.4 Å². The number of hydrogen-bond acceptors (Lipinski definition) is 7. The molecule has 0 aliphatic rings. The van der Waals surface area contributed by atoms with Crippen LogP contribution in [0.5, 0.6) is 5.75 Å². The third-order valence-electron chi connectivity index (χ3n) is 5.98. The Morgan fingerprint density at radius 2 is 1.72 bits per heavy atom. The van der Waals surface area contributed by atoms with Gasteiger partial charge in [0.15, 0.2) is 14.8 Å². The Labute approximate surface area is 239 Å². The first-order valence-corrected chi connectivity index (χ1v) is 14.7. The molecule has 5 aromatic rings. The molecule has 2 heterocycles. The van der Waals surface area contributed by atoms with Crippen LogP contribution in [0.4, 0.5) is 5.69 Å². The van der Waals surface area contributed by atoms with E-state index in [1.165, 1.54) is 28.7 Å². The summed E-state index contributed by atoms with van der Waals surface area (Å²) in [6.07, 6.45) is 0.929. The first-order chi connectivity index (χ1) is 19.0. The molecule has 0 aliphatic heterocycles. The topological polar surface area (TPSA) is 78.1 Å². The van der Waals surface area contributed by atoms with Crippen molar-refractivity contribution in [1.29, 1.82) is 0 Å². The summed E-state index contributed by atoms with van der Waals surface area (Å²) in [6, 6.07) is 24.6. The lowest BCUT2D eigenvalue weighted by molar-refractivity contribution is -0.113. The van der Waals surface area contributed by atoms with Crippen molar-refractivity contribution in [1.82, 2.24) is 14.1 Å². The molecule has 7 nitrogen and oxygen atoms in total. The van der Waals surface area contributed by atoms with E-state index in [0.717, 1.165) is 12.1 Å². The van der Waals surface area contributed by atoms with Crippen molar-refractivity contribution < 1.29 is 9.53 Å². The van der Waals surface area contributed by atoms with E-state index in [1.807, 2.05) is 85.8 Å². The number of carbonyl (C=O) groups excluding carboxylic acids is 1. The van der Waals surface area contributed by atoms with Crippen LogP contribution < -0.4 is 15.6 Å². The van der Waals surface area contributed by atoms with E-state index >= 15 is 0 Å². The van der Waals surface area contributed by atoms with E-state index in [4.69, 9.17) is 21.9 Å². The second-order valence-corrected chi connectivity index (χ2v) is 11.1. The smallest absolute Gasteiger partial charge is 0.278 e. The fourth-order valence-electron chi connectivity index (χ4n) is 4.12. The Kier molecular flexibility index (Phi) is 8.25. The lowest BCUT2D eigenvalue weighted by Gasteiger charge is -2.14. The number of hydrogen-bond donors (Lipinski definition) is 1. The van der Waals surface area contributed by atoms with Gasteiger partial charge in [-0.05, 0) is 67.5 Å². The van der Waals surface area contributed by atoms with E-state index in [2.05, 4.69) is 12.2 Å². The molecule has 3 aromatic carbocycles. The monoisotopic (exact) mass is 574 g/mol. The molecular weight excluding hydrogens is 549 g/mol. The fraction of sp³-hybridized carbons (Fsp3) is 0.172. The normalized spacial score (nSPS) is 11.0. The number of nitrogens with one attached hydrogen (secondary N) is 1. The van der Waals surface area contributed by atoms with Gasteiger partial charge in [0.1, 0.15) is 10.4 Å². The van der Waals surface area contributed by atoms with Gasteiger partial charge in [-0.2, -0.15) is 0 Å². The van der Waals surface area contributed by atoms with Gasteiger partial charge in [0, 0.05) is 5.69 Å². The van der Waals surface area contributed by atoms with Crippen LogP contribution in [0.2, 0.25) is 0 Å². The number of thiazole rings is 1. The molecule has 2 aromatic heterocycles. The zero-order valence-electron chi connectivity index (χ0n) is 21.4. The maximum atomic E-state index is 13.9. The Bertz CT molecular complexity index is 1740. The number of para-hydroxylation sites is 3. The predicted octanol–water partition coefficient (Wildman–Crippen LogP) is 6.66. The minimum absolute atomic E-state index is 0.0702. The Hall–Kier alpha value is -3.73. The predicted molar refractivity (Wildman–Crippen MR) is 162 cm³/mol. The van der Waals surface area contributed by atoms with Gasteiger partial charge in [0.2, 0.25) is 5.91 Å².